The van der Waals surface area contributed by atoms with Crippen LogP contribution in [0.1, 0.15) is 23.4 Å². The van der Waals surface area contributed by atoms with E-state index in [4.69, 9.17) is 5.73 Å². The summed E-state index contributed by atoms with van der Waals surface area (Å²) >= 11 is 1.85. The maximum Gasteiger partial charge on any atom is 0.0567 e. The first-order chi connectivity index (χ1) is 8.26. The topological polar surface area (TPSA) is 32.5 Å². The lowest BCUT2D eigenvalue weighted by Crippen LogP contribution is -2.48. The molecule has 1 aliphatic heterocycles. The van der Waals surface area contributed by atoms with Crippen molar-refractivity contribution in [2.24, 2.45) is 5.73 Å². The van der Waals surface area contributed by atoms with Crippen LogP contribution >= 0.6 is 11.3 Å². The zero-order valence-corrected chi connectivity index (χ0v) is 11.7. The van der Waals surface area contributed by atoms with Crippen molar-refractivity contribution in [1.82, 2.24) is 9.80 Å². The van der Waals surface area contributed by atoms with E-state index in [1.54, 1.807) is 0 Å². The summed E-state index contributed by atoms with van der Waals surface area (Å²) < 4.78 is 0. The Morgan fingerprint density at radius 1 is 1.35 bits per heavy atom. The molecule has 17 heavy (non-hydrogen) atoms. The molecule has 1 unspecified atom stereocenters. The molecular formula is C13H23N3S. The Bertz CT molecular complexity index is 342. The summed E-state index contributed by atoms with van der Waals surface area (Å²) in [6.45, 7) is 11.0. The van der Waals surface area contributed by atoms with Crippen molar-refractivity contribution in [2.45, 2.75) is 19.9 Å². The van der Waals surface area contributed by atoms with E-state index in [-0.39, 0.29) is 0 Å². The quantitative estimate of drug-likeness (QED) is 0.886. The maximum atomic E-state index is 5.98. The second-order valence-electron chi connectivity index (χ2n) is 4.69. The molecule has 1 aromatic heterocycles. The average molecular weight is 253 g/mol. The average Bonchev–Trinajstić information content (AvgIpc) is 2.78. The number of nitrogens with zero attached hydrogens (tertiary/aromatic N) is 2. The summed E-state index contributed by atoms with van der Waals surface area (Å²) in [6, 6.07) is 2.62. The molecule has 0 radical (unpaired) electrons. The normalized spacial score (nSPS) is 20.6. The summed E-state index contributed by atoms with van der Waals surface area (Å²) in [6.07, 6.45) is 0. The Morgan fingerprint density at radius 3 is 2.53 bits per heavy atom. The summed E-state index contributed by atoms with van der Waals surface area (Å²) in [7, 11) is 0. The van der Waals surface area contributed by atoms with Crippen molar-refractivity contribution in [3.8, 4) is 0 Å². The first kappa shape index (κ1) is 13.0. The fraction of sp³-hybridized carbons (Fsp3) is 0.692. The van der Waals surface area contributed by atoms with Gasteiger partial charge in [-0.1, -0.05) is 6.92 Å². The Morgan fingerprint density at radius 2 is 2.06 bits per heavy atom. The number of rotatable bonds is 4. The van der Waals surface area contributed by atoms with E-state index in [0.717, 1.165) is 19.6 Å². The summed E-state index contributed by atoms with van der Waals surface area (Å²) in [5.74, 6) is 0. The standard InChI is InChI=1S/C13H23N3S/c1-3-15-5-7-16(8-6-15)12(10-14)13-11(2)4-9-17-13/h4,9,12H,3,5-8,10,14H2,1-2H3. The number of thiophene rings is 1. The molecule has 1 saturated heterocycles. The monoisotopic (exact) mass is 253 g/mol. The molecule has 1 atom stereocenters. The van der Waals surface area contributed by atoms with Crippen LogP contribution < -0.4 is 5.73 Å². The van der Waals surface area contributed by atoms with E-state index in [0.29, 0.717) is 6.04 Å². The molecule has 0 spiro atoms. The highest BCUT2D eigenvalue weighted by Gasteiger charge is 2.25. The third kappa shape index (κ3) is 2.88. The Kier molecular flexibility index (Phi) is 4.56. The summed E-state index contributed by atoms with van der Waals surface area (Å²) in [4.78, 5) is 6.51. The Labute approximate surface area is 108 Å². The third-order valence-electron chi connectivity index (χ3n) is 3.72. The SMILES string of the molecule is CCN1CCN(C(CN)c2sccc2C)CC1. The van der Waals surface area contributed by atoms with Crippen LogP contribution in [0.15, 0.2) is 11.4 Å². The second kappa shape index (κ2) is 5.96. The van der Waals surface area contributed by atoms with Crippen molar-refractivity contribution in [3.63, 3.8) is 0 Å². The smallest absolute Gasteiger partial charge is 0.0567 e. The molecule has 3 nitrogen and oxygen atoms in total. The van der Waals surface area contributed by atoms with Gasteiger partial charge in [-0.3, -0.25) is 4.90 Å². The molecule has 0 aliphatic carbocycles. The van der Waals surface area contributed by atoms with Gasteiger partial charge < -0.3 is 10.6 Å². The van der Waals surface area contributed by atoms with E-state index < -0.39 is 0 Å². The third-order valence-corrected chi connectivity index (χ3v) is 4.84. The Balaban J connectivity index is 2.03. The molecule has 96 valence electrons. The minimum Gasteiger partial charge on any atom is -0.329 e. The summed E-state index contributed by atoms with van der Waals surface area (Å²) in [5.41, 5.74) is 7.37. The second-order valence-corrected chi connectivity index (χ2v) is 5.64. The van der Waals surface area contributed by atoms with E-state index in [2.05, 4.69) is 35.1 Å². The van der Waals surface area contributed by atoms with Gasteiger partial charge in [0.25, 0.3) is 0 Å². The van der Waals surface area contributed by atoms with Crippen molar-refractivity contribution in [3.05, 3.63) is 21.9 Å². The minimum atomic E-state index is 0.425. The van der Waals surface area contributed by atoms with Gasteiger partial charge in [-0.05, 0) is 30.5 Å². The Hall–Kier alpha value is -0.420. The van der Waals surface area contributed by atoms with Gasteiger partial charge in [0.2, 0.25) is 0 Å². The molecule has 0 bridgehead atoms. The van der Waals surface area contributed by atoms with Crippen LogP contribution in [0.5, 0.6) is 0 Å². The van der Waals surface area contributed by atoms with E-state index >= 15 is 0 Å². The summed E-state index contributed by atoms with van der Waals surface area (Å²) in [5, 5.41) is 2.18. The predicted octanol–water partition coefficient (Wildman–Crippen LogP) is 1.69. The van der Waals surface area contributed by atoms with Crippen LogP contribution in [-0.2, 0) is 0 Å². The van der Waals surface area contributed by atoms with Gasteiger partial charge in [0.05, 0.1) is 6.04 Å². The highest BCUT2D eigenvalue weighted by atomic mass is 32.1. The molecule has 2 heterocycles. The molecule has 1 fully saturated rings. The lowest BCUT2D eigenvalue weighted by Gasteiger charge is -2.38. The zero-order chi connectivity index (χ0) is 12.3. The van der Waals surface area contributed by atoms with Gasteiger partial charge in [-0.25, -0.2) is 0 Å². The highest BCUT2D eigenvalue weighted by molar-refractivity contribution is 7.10. The number of piperazine rings is 1. The number of nitrogens with two attached hydrogens (primary N) is 1. The number of hydrogen-bond donors (Lipinski definition) is 1. The van der Waals surface area contributed by atoms with E-state index in [9.17, 15) is 0 Å². The molecule has 1 aromatic rings. The molecule has 1 aliphatic rings. The van der Waals surface area contributed by atoms with Gasteiger partial charge >= 0.3 is 0 Å². The van der Waals surface area contributed by atoms with E-state index in [1.807, 2.05) is 11.3 Å². The van der Waals surface area contributed by atoms with Gasteiger partial charge in [0, 0.05) is 37.6 Å². The predicted molar refractivity (Wildman–Crippen MR) is 74.5 cm³/mol. The lowest BCUT2D eigenvalue weighted by molar-refractivity contribution is 0.103. The van der Waals surface area contributed by atoms with Crippen molar-refractivity contribution >= 4 is 11.3 Å². The molecule has 4 heteroatoms. The van der Waals surface area contributed by atoms with Crippen LogP contribution in [0.4, 0.5) is 0 Å². The van der Waals surface area contributed by atoms with E-state index in [1.165, 1.54) is 30.1 Å². The van der Waals surface area contributed by atoms with Gasteiger partial charge in [-0.15, -0.1) is 11.3 Å². The maximum absolute atomic E-state index is 5.98. The fourth-order valence-electron chi connectivity index (χ4n) is 2.54. The zero-order valence-electron chi connectivity index (χ0n) is 10.9. The fourth-order valence-corrected chi connectivity index (χ4v) is 3.61. The molecule has 2 rings (SSSR count). The largest absolute Gasteiger partial charge is 0.329 e. The molecule has 0 amide bonds. The number of aryl methyl sites for hydroxylation is 1. The van der Waals surface area contributed by atoms with Crippen LogP contribution in [0.3, 0.4) is 0 Å². The molecule has 2 N–H and O–H groups in total. The van der Waals surface area contributed by atoms with Crippen molar-refractivity contribution < 1.29 is 0 Å². The first-order valence-corrected chi connectivity index (χ1v) is 7.34. The molecule has 0 saturated carbocycles. The minimum absolute atomic E-state index is 0.425. The number of likely N-dealkylation sites (N-methyl/N-ethyl adjacent to an activating group) is 1. The highest BCUT2D eigenvalue weighted by Crippen LogP contribution is 2.28. The first-order valence-electron chi connectivity index (χ1n) is 6.46. The lowest BCUT2D eigenvalue weighted by atomic mass is 10.1. The van der Waals surface area contributed by atoms with Crippen LogP contribution in [-0.4, -0.2) is 49.1 Å². The van der Waals surface area contributed by atoms with Crippen LogP contribution in [0, 0.1) is 6.92 Å². The van der Waals surface area contributed by atoms with Crippen LogP contribution in [0.2, 0.25) is 0 Å². The molecular weight excluding hydrogens is 230 g/mol. The van der Waals surface area contributed by atoms with Crippen LogP contribution in [0.25, 0.3) is 0 Å². The van der Waals surface area contributed by atoms with Gasteiger partial charge in [-0.2, -0.15) is 0 Å². The van der Waals surface area contributed by atoms with Crippen molar-refractivity contribution in [1.29, 1.82) is 0 Å². The van der Waals surface area contributed by atoms with Gasteiger partial charge in [0.1, 0.15) is 0 Å². The molecule has 0 aromatic carbocycles. The van der Waals surface area contributed by atoms with Crippen molar-refractivity contribution in [2.75, 3.05) is 39.3 Å². The van der Waals surface area contributed by atoms with Gasteiger partial charge in [0.15, 0.2) is 0 Å². The number of hydrogen-bond acceptors (Lipinski definition) is 4.